The van der Waals surface area contributed by atoms with E-state index in [4.69, 9.17) is 23.2 Å². The number of halogens is 4. The molecule has 1 atom stereocenters. The van der Waals surface area contributed by atoms with E-state index in [2.05, 4.69) is 21.2 Å². The zero-order valence-electron chi connectivity index (χ0n) is 9.31. The van der Waals surface area contributed by atoms with Crippen LogP contribution in [-0.2, 0) is 0 Å². The molecule has 0 radical (unpaired) electrons. The van der Waals surface area contributed by atoms with Gasteiger partial charge in [0, 0.05) is 11.3 Å². The molecule has 1 aromatic carbocycles. The molecule has 1 heterocycles. The van der Waals surface area contributed by atoms with Crippen LogP contribution < -0.4 is 5.32 Å². The second-order valence-electron chi connectivity index (χ2n) is 3.77. The van der Waals surface area contributed by atoms with Gasteiger partial charge in [-0.25, -0.2) is 4.39 Å². The molecular weight excluding hydrogens is 360 g/mol. The van der Waals surface area contributed by atoms with E-state index < -0.39 is 0 Å². The topological polar surface area (TPSA) is 12.0 Å². The first kappa shape index (κ1) is 14.1. The summed E-state index contributed by atoms with van der Waals surface area (Å²) in [5.41, 5.74) is 1.75. The molecule has 2 aromatic rings. The summed E-state index contributed by atoms with van der Waals surface area (Å²) in [4.78, 5) is 0. The number of benzene rings is 1. The zero-order chi connectivity index (χ0) is 13.3. The van der Waals surface area contributed by atoms with Crippen LogP contribution in [-0.4, -0.2) is 0 Å². The zero-order valence-corrected chi connectivity index (χ0v) is 13.2. The Morgan fingerprint density at radius 2 is 2.06 bits per heavy atom. The Kier molecular flexibility index (Phi) is 4.54. The molecule has 1 aromatic heterocycles. The third kappa shape index (κ3) is 3.18. The van der Waals surface area contributed by atoms with Crippen molar-refractivity contribution in [3.05, 3.63) is 48.8 Å². The number of hydrogen-bond acceptors (Lipinski definition) is 2. The lowest BCUT2D eigenvalue weighted by atomic mass is 10.1. The molecule has 0 saturated heterocycles. The van der Waals surface area contributed by atoms with Gasteiger partial charge in [0.05, 0.1) is 19.2 Å². The molecule has 0 bridgehead atoms. The van der Waals surface area contributed by atoms with Gasteiger partial charge < -0.3 is 5.32 Å². The first-order valence-electron chi connectivity index (χ1n) is 5.13. The Morgan fingerprint density at radius 1 is 1.33 bits per heavy atom. The fourth-order valence-corrected chi connectivity index (χ4v) is 3.59. The minimum atomic E-state index is -0.287. The van der Waals surface area contributed by atoms with E-state index in [1.807, 2.05) is 13.0 Å². The number of hydrogen-bond donors (Lipinski definition) is 1. The predicted octanol–water partition coefficient (Wildman–Crippen LogP) is 6.13. The van der Waals surface area contributed by atoms with Crippen molar-refractivity contribution in [2.45, 2.75) is 13.0 Å². The summed E-state index contributed by atoms with van der Waals surface area (Å²) < 4.78 is 14.9. The van der Waals surface area contributed by atoms with Crippen molar-refractivity contribution in [2.75, 3.05) is 5.32 Å². The van der Waals surface area contributed by atoms with Gasteiger partial charge in [-0.3, -0.25) is 0 Å². The molecule has 0 saturated carbocycles. The molecule has 18 heavy (non-hydrogen) atoms. The molecule has 0 aliphatic rings. The van der Waals surface area contributed by atoms with Crippen molar-refractivity contribution in [2.24, 2.45) is 0 Å². The minimum Gasteiger partial charge on any atom is -0.378 e. The molecule has 1 N–H and O–H groups in total. The van der Waals surface area contributed by atoms with Gasteiger partial charge in [-0.05, 0) is 47.1 Å². The highest BCUT2D eigenvalue weighted by atomic mass is 79.9. The predicted molar refractivity (Wildman–Crippen MR) is 80.5 cm³/mol. The fourth-order valence-electron chi connectivity index (χ4n) is 1.56. The molecule has 0 amide bonds. The average molecular weight is 369 g/mol. The molecule has 6 heteroatoms. The van der Waals surface area contributed by atoms with Gasteiger partial charge in [0.2, 0.25) is 0 Å². The normalized spacial score (nSPS) is 12.5. The summed E-state index contributed by atoms with van der Waals surface area (Å²) in [5.74, 6) is -0.287. The second kappa shape index (κ2) is 5.78. The summed E-state index contributed by atoms with van der Waals surface area (Å²) in [6, 6.07) is 6.61. The summed E-state index contributed by atoms with van der Waals surface area (Å²) in [7, 11) is 0. The van der Waals surface area contributed by atoms with Crippen molar-refractivity contribution in [1.29, 1.82) is 0 Å². The Hall–Kier alpha value is -0.290. The SMILES string of the molecule is CC(Nc1ccc(F)c(Br)c1)c1cc(Cl)sc1Cl. The summed E-state index contributed by atoms with van der Waals surface area (Å²) in [5, 5.41) is 3.25. The maximum absolute atomic E-state index is 13.1. The molecular formula is C12H9BrCl2FNS. The van der Waals surface area contributed by atoms with Gasteiger partial charge in [-0.2, -0.15) is 0 Å². The van der Waals surface area contributed by atoms with Crippen LogP contribution in [0.5, 0.6) is 0 Å². The highest BCUT2D eigenvalue weighted by Crippen LogP contribution is 2.36. The Balaban J connectivity index is 2.18. The standard InChI is InChI=1S/C12H9BrCl2FNS/c1-6(8-5-11(14)18-12(8)15)17-7-2-3-10(16)9(13)4-7/h2-6,17H,1H3. The molecule has 1 unspecified atom stereocenters. The Bertz CT molecular complexity index is 573. The number of thiophene rings is 1. The first-order chi connectivity index (χ1) is 8.47. The lowest BCUT2D eigenvalue weighted by Gasteiger charge is -2.15. The highest BCUT2D eigenvalue weighted by Gasteiger charge is 2.13. The van der Waals surface area contributed by atoms with Crippen LogP contribution in [0.4, 0.5) is 10.1 Å². The molecule has 0 fully saturated rings. The number of nitrogens with one attached hydrogen (secondary N) is 1. The third-order valence-electron chi connectivity index (χ3n) is 2.45. The van der Waals surface area contributed by atoms with Gasteiger partial charge in [0.15, 0.2) is 0 Å². The minimum absolute atomic E-state index is 0.00129. The molecule has 2 rings (SSSR count). The van der Waals surface area contributed by atoms with E-state index in [0.29, 0.717) is 13.1 Å². The van der Waals surface area contributed by atoms with Crippen LogP contribution >= 0.6 is 50.5 Å². The van der Waals surface area contributed by atoms with E-state index in [-0.39, 0.29) is 11.9 Å². The maximum Gasteiger partial charge on any atom is 0.137 e. The third-order valence-corrected chi connectivity index (χ3v) is 4.58. The van der Waals surface area contributed by atoms with Crippen molar-refractivity contribution < 1.29 is 4.39 Å². The lowest BCUT2D eigenvalue weighted by molar-refractivity contribution is 0.621. The Morgan fingerprint density at radius 3 is 2.61 bits per heavy atom. The fraction of sp³-hybridized carbons (Fsp3) is 0.167. The van der Waals surface area contributed by atoms with Crippen LogP contribution in [0.25, 0.3) is 0 Å². The monoisotopic (exact) mass is 367 g/mol. The van der Waals surface area contributed by atoms with Crippen LogP contribution in [0.15, 0.2) is 28.7 Å². The van der Waals surface area contributed by atoms with Gasteiger partial charge in [-0.15, -0.1) is 11.3 Å². The smallest absolute Gasteiger partial charge is 0.137 e. The molecule has 0 aliphatic heterocycles. The van der Waals surface area contributed by atoms with Crippen molar-refractivity contribution >= 4 is 56.2 Å². The van der Waals surface area contributed by atoms with Crippen molar-refractivity contribution in [3.8, 4) is 0 Å². The van der Waals surface area contributed by atoms with E-state index in [9.17, 15) is 4.39 Å². The van der Waals surface area contributed by atoms with Gasteiger partial charge in [0.1, 0.15) is 5.82 Å². The van der Waals surface area contributed by atoms with Gasteiger partial charge in [0.25, 0.3) is 0 Å². The molecule has 0 spiro atoms. The highest BCUT2D eigenvalue weighted by molar-refractivity contribution is 9.10. The summed E-state index contributed by atoms with van der Waals surface area (Å²) in [6.07, 6.45) is 0. The quantitative estimate of drug-likeness (QED) is 0.687. The van der Waals surface area contributed by atoms with Crippen LogP contribution in [0.2, 0.25) is 8.67 Å². The second-order valence-corrected chi connectivity index (χ2v) is 6.91. The van der Waals surface area contributed by atoms with Gasteiger partial charge >= 0.3 is 0 Å². The summed E-state index contributed by atoms with van der Waals surface area (Å²) >= 11 is 16.5. The van der Waals surface area contributed by atoms with E-state index in [1.54, 1.807) is 12.1 Å². The molecule has 1 nitrogen and oxygen atoms in total. The number of rotatable bonds is 3. The van der Waals surface area contributed by atoms with Crippen molar-refractivity contribution in [3.63, 3.8) is 0 Å². The van der Waals surface area contributed by atoms with Crippen LogP contribution in [0.1, 0.15) is 18.5 Å². The maximum atomic E-state index is 13.1. The number of anilines is 1. The van der Waals surface area contributed by atoms with Crippen LogP contribution in [0, 0.1) is 5.82 Å². The largest absolute Gasteiger partial charge is 0.378 e. The molecule has 96 valence electrons. The van der Waals surface area contributed by atoms with Gasteiger partial charge in [-0.1, -0.05) is 23.2 Å². The van der Waals surface area contributed by atoms with E-state index in [1.165, 1.54) is 17.4 Å². The lowest BCUT2D eigenvalue weighted by Crippen LogP contribution is -2.06. The van der Waals surface area contributed by atoms with E-state index >= 15 is 0 Å². The Labute approximate surface area is 127 Å². The average Bonchev–Trinajstić information content (AvgIpc) is 2.63. The molecule has 0 aliphatic carbocycles. The van der Waals surface area contributed by atoms with Crippen LogP contribution in [0.3, 0.4) is 0 Å². The van der Waals surface area contributed by atoms with E-state index in [0.717, 1.165) is 11.3 Å². The summed E-state index contributed by atoms with van der Waals surface area (Å²) in [6.45, 7) is 1.97. The first-order valence-corrected chi connectivity index (χ1v) is 7.50. The van der Waals surface area contributed by atoms with Crippen molar-refractivity contribution in [1.82, 2.24) is 0 Å².